The number of hydrogen-bond acceptors (Lipinski definition) is 3. The fourth-order valence-corrected chi connectivity index (χ4v) is 3.78. The van der Waals surface area contributed by atoms with Crippen LogP contribution in [0.5, 0.6) is 0 Å². The molecule has 1 aromatic rings. The second kappa shape index (κ2) is 8.58. The molecule has 1 unspecified atom stereocenters. The van der Waals surface area contributed by atoms with Crippen molar-refractivity contribution in [3.63, 3.8) is 0 Å². The lowest BCUT2D eigenvalue weighted by Crippen LogP contribution is -2.50. The van der Waals surface area contributed by atoms with Crippen molar-refractivity contribution < 1.29 is 9.53 Å². The van der Waals surface area contributed by atoms with E-state index in [1.165, 1.54) is 0 Å². The molecule has 138 valence electrons. The quantitative estimate of drug-likeness (QED) is 0.848. The Morgan fingerprint density at radius 1 is 1.28 bits per heavy atom. The number of hydrogen-bond donors (Lipinski definition) is 1. The monoisotopic (exact) mass is 385 g/mol. The number of halogens is 2. The molecule has 0 bridgehead atoms. The Kier molecular flexibility index (Phi) is 6.44. The summed E-state index contributed by atoms with van der Waals surface area (Å²) in [5.41, 5.74) is 0.657. The first-order valence-corrected chi connectivity index (χ1v) is 9.61. The highest BCUT2D eigenvalue weighted by Crippen LogP contribution is 2.26. The van der Waals surface area contributed by atoms with Gasteiger partial charge in [-0.3, -0.25) is 0 Å². The molecule has 2 heterocycles. The average Bonchev–Trinajstić information content (AvgIpc) is 3.10. The minimum Gasteiger partial charge on any atom is -0.376 e. The van der Waals surface area contributed by atoms with E-state index in [9.17, 15) is 4.79 Å². The zero-order chi connectivity index (χ0) is 17.8. The van der Waals surface area contributed by atoms with Gasteiger partial charge in [0, 0.05) is 24.9 Å². The number of carbonyl (C=O) groups excluding carboxylic acids is 1. The topological polar surface area (TPSA) is 44.8 Å². The summed E-state index contributed by atoms with van der Waals surface area (Å²) in [6.07, 6.45) is 4.19. The number of amides is 2. The molecule has 2 fully saturated rings. The van der Waals surface area contributed by atoms with Gasteiger partial charge in [0.1, 0.15) is 0 Å². The number of urea groups is 1. The molecule has 2 saturated heterocycles. The van der Waals surface area contributed by atoms with E-state index < -0.39 is 0 Å². The van der Waals surface area contributed by atoms with E-state index in [4.69, 9.17) is 27.9 Å². The summed E-state index contributed by atoms with van der Waals surface area (Å²) in [6.45, 7) is 3.45. The molecule has 2 amide bonds. The SMILES string of the molecule is CN1CCC(N(CC2CCCO2)C(=O)Nc2ccc(Cl)c(Cl)c2)CC1. The van der Waals surface area contributed by atoms with Gasteiger partial charge >= 0.3 is 6.03 Å². The van der Waals surface area contributed by atoms with Crippen molar-refractivity contribution in [2.45, 2.75) is 37.8 Å². The highest BCUT2D eigenvalue weighted by atomic mass is 35.5. The first-order chi connectivity index (χ1) is 12.0. The Balaban J connectivity index is 1.70. The van der Waals surface area contributed by atoms with Crippen molar-refractivity contribution in [2.75, 3.05) is 38.6 Å². The molecule has 0 aliphatic carbocycles. The Labute approximate surface area is 159 Å². The summed E-state index contributed by atoms with van der Waals surface area (Å²) in [4.78, 5) is 17.2. The molecule has 3 rings (SSSR count). The minimum absolute atomic E-state index is 0.0940. The van der Waals surface area contributed by atoms with E-state index in [2.05, 4.69) is 17.3 Å². The maximum atomic E-state index is 12.9. The number of anilines is 1. The second-order valence-corrected chi connectivity index (χ2v) is 7.70. The summed E-state index contributed by atoms with van der Waals surface area (Å²) in [5, 5.41) is 3.88. The van der Waals surface area contributed by atoms with Crippen LogP contribution in [0.4, 0.5) is 10.5 Å². The molecule has 0 aromatic heterocycles. The lowest BCUT2D eigenvalue weighted by molar-refractivity contribution is 0.0602. The van der Waals surface area contributed by atoms with Crippen molar-refractivity contribution in [3.05, 3.63) is 28.2 Å². The Morgan fingerprint density at radius 3 is 2.68 bits per heavy atom. The van der Waals surface area contributed by atoms with Gasteiger partial charge in [-0.1, -0.05) is 23.2 Å². The molecule has 0 spiro atoms. The van der Waals surface area contributed by atoms with Crippen LogP contribution in [0.15, 0.2) is 18.2 Å². The average molecular weight is 386 g/mol. The molecule has 5 nitrogen and oxygen atoms in total. The summed E-state index contributed by atoms with van der Waals surface area (Å²) in [7, 11) is 2.12. The highest BCUT2D eigenvalue weighted by molar-refractivity contribution is 6.42. The molecular formula is C18H25Cl2N3O2. The third kappa shape index (κ3) is 5.00. The zero-order valence-electron chi connectivity index (χ0n) is 14.5. The van der Waals surface area contributed by atoms with Gasteiger partial charge in [-0.15, -0.1) is 0 Å². The van der Waals surface area contributed by atoms with Gasteiger partial charge in [-0.2, -0.15) is 0 Å². The Bertz CT molecular complexity index is 600. The number of nitrogens with one attached hydrogen (secondary N) is 1. The van der Waals surface area contributed by atoms with Crippen LogP contribution in [0.1, 0.15) is 25.7 Å². The van der Waals surface area contributed by atoms with Gasteiger partial charge < -0.3 is 19.9 Å². The fraction of sp³-hybridized carbons (Fsp3) is 0.611. The number of carbonyl (C=O) groups is 1. The van der Waals surface area contributed by atoms with E-state index in [0.717, 1.165) is 45.4 Å². The summed E-state index contributed by atoms with van der Waals surface area (Å²) >= 11 is 12.0. The molecule has 1 aromatic carbocycles. The van der Waals surface area contributed by atoms with Crippen LogP contribution in [0.3, 0.4) is 0 Å². The number of likely N-dealkylation sites (tertiary alicyclic amines) is 1. The summed E-state index contributed by atoms with van der Waals surface area (Å²) in [6, 6.07) is 5.29. The van der Waals surface area contributed by atoms with Crippen molar-refractivity contribution in [3.8, 4) is 0 Å². The van der Waals surface area contributed by atoms with Crippen LogP contribution in [-0.2, 0) is 4.74 Å². The van der Waals surface area contributed by atoms with E-state index in [1.54, 1.807) is 18.2 Å². The predicted molar refractivity (Wildman–Crippen MR) is 102 cm³/mol. The standard InChI is InChI=1S/C18H25Cl2N3O2/c1-22-8-6-14(7-9-22)23(12-15-3-2-10-25-15)18(24)21-13-4-5-16(19)17(20)11-13/h4-5,11,14-15H,2-3,6-10,12H2,1H3,(H,21,24). The van der Waals surface area contributed by atoms with Crippen molar-refractivity contribution in [2.24, 2.45) is 0 Å². The van der Waals surface area contributed by atoms with Crippen LogP contribution >= 0.6 is 23.2 Å². The number of piperidine rings is 1. The van der Waals surface area contributed by atoms with E-state index >= 15 is 0 Å². The van der Waals surface area contributed by atoms with Crippen LogP contribution in [0.2, 0.25) is 10.0 Å². The predicted octanol–water partition coefficient (Wildman–Crippen LogP) is 4.10. The van der Waals surface area contributed by atoms with Gasteiger partial charge in [0.05, 0.1) is 16.1 Å². The molecule has 25 heavy (non-hydrogen) atoms. The number of benzene rings is 1. The van der Waals surface area contributed by atoms with Crippen molar-refractivity contribution in [1.82, 2.24) is 9.80 Å². The van der Waals surface area contributed by atoms with Crippen LogP contribution in [-0.4, -0.2) is 61.3 Å². The molecule has 2 aliphatic heterocycles. The third-order valence-corrected chi connectivity index (χ3v) is 5.72. The Hall–Kier alpha value is -1.01. The smallest absolute Gasteiger partial charge is 0.322 e. The Morgan fingerprint density at radius 2 is 2.04 bits per heavy atom. The van der Waals surface area contributed by atoms with Gasteiger partial charge in [0.15, 0.2) is 0 Å². The molecular weight excluding hydrogens is 361 g/mol. The van der Waals surface area contributed by atoms with E-state index in [1.807, 2.05) is 4.90 Å². The number of rotatable bonds is 4. The number of nitrogens with zero attached hydrogens (tertiary/aromatic N) is 2. The maximum Gasteiger partial charge on any atom is 0.322 e. The maximum absolute atomic E-state index is 12.9. The first-order valence-electron chi connectivity index (χ1n) is 8.86. The lowest BCUT2D eigenvalue weighted by atomic mass is 10.0. The van der Waals surface area contributed by atoms with E-state index in [0.29, 0.717) is 22.3 Å². The summed E-state index contributed by atoms with van der Waals surface area (Å²) in [5.74, 6) is 0. The molecule has 0 radical (unpaired) electrons. The van der Waals surface area contributed by atoms with Crippen LogP contribution in [0.25, 0.3) is 0 Å². The van der Waals surface area contributed by atoms with Crippen molar-refractivity contribution >= 4 is 34.9 Å². The van der Waals surface area contributed by atoms with Crippen molar-refractivity contribution in [1.29, 1.82) is 0 Å². The van der Waals surface area contributed by atoms with Crippen LogP contribution in [0, 0.1) is 0 Å². The zero-order valence-corrected chi connectivity index (χ0v) is 16.0. The number of ether oxygens (including phenoxy) is 1. The fourth-order valence-electron chi connectivity index (χ4n) is 3.48. The summed E-state index contributed by atoms with van der Waals surface area (Å²) < 4.78 is 5.76. The molecule has 1 N–H and O–H groups in total. The van der Waals surface area contributed by atoms with Gasteiger partial charge in [0.25, 0.3) is 0 Å². The van der Waals surface area contributed by atoms with Gasteiger partial charge in [-0.05, 0) is 64.0 Å². The molecule has 0 saturated carbocycles. The van der Waals surface area contributed by atoms with E-state index in [-0.39, 0.29) is 18.2 Å². The second-order valence-electron chi connectivity index (χ2n) is 6.88. The molecule has 1 atom stereocenters. The first kappa shape index (κ1) is 18.8. The normalized spacial score (nSPS) is 22.1. The molecule has 7 heteroatoms. The minimum atomic E-state index is -0.0940. The highest BCUT2D eigenvalue weighted by Gasteiger charge is 2.30. The van der Waals surface area contributed by atoms with Gasteiger partial charge in [0.2, 0.25) is 0 Å². The molecule has 2 aliphatic rings. The largest absolute Gasteiger partial charge is 0.376 e. The lowest BCUT2D eigenvalue weighted by Gasteiger charge is -2.38. The van der Waals surface area contributed by atoms with Crippen LogP contribution < -0.4 is 5.32 Å². The third-order valence-electron chi connectivity index (χ3n) is 4.98. The van der Waals surface area contributed by atoms with Gasteiger partial charge in [-0.25, -0.2) is 4.79 Å².